The number of aromatic carboxylic acids is 1. The fourth-order valence-corrected chi connectivity index (χ4v) is 2.61. The summed E-state index contributed by atoms with van der Waals surface area (Å²) in [6.45, 7) is 7.50. The Bertz CT molecular complexity index is 638. The predicted molar refractivity (Wildman–Crippen MR) is 92.2 cm³/mol. The normalized spacial score (nSPS) is 19.9. The minimum atomic E-state index is -1.02. The lowest BCUT2D eigenvalue weighted by Gasteiger charge is -2.32. The summed E-state index contributed by atoms with van der Waals surface area (Å²) in [7, 11) is -0.665. The third-order valence-electron chi connectivity index (χ3n) is 4.31. The summed E-state index contributed by atoms with van der Waals surface area (Å²) in [5.74, 6) is -1.02. The zero-order valence-corrected chi connectivity index (χ0v) is 15.2. The van der Waals surface area contributed by atoms with Crippen LogP contribution in [0.25, 0.3) is 6.08 Å². The van der Waals surface area contributed by atoms with Gasteiger partial charge < -0.3 is 19.5 Å². The number of carbonyl (C=O) groups is 1. The van der Waals surface area contributed by atoms with Gasteiger partial charge in [0.1, 0.15) is 0 Å². The molecule has 1 fully saturated rings. The number of hydrogen-bond acceptors (Lipinski definition) is 4. The van der Waals surface area contributed by atoms with Gasteiger partial charge in [-0.25, -0.2) is 4.79 Å². The molecule has 1 aromatic carbocycles. The van der Waals surface area contributed by atoms with Crippen molar-refractivity contribution in [3.63, 3.8) is 0 Å². The standard InChI is InChI=1S/C16H20BBrO5/c1-15(2)16(3,4)23-17(22-15)11(9-19)7-10-5-6-13(18)12(8-10)14(20)21/h5-8,19H,9H2,1-4H3,(H,20,21). The zero-order valence-electron chi connectivity index (χ0n) is 13.6. The van der Waals surface area contributed by atoms with Crippen molar-refractivity contribution >= 4 is 35.1 Å². The van der Waals surface area contributed by atoms with Gasteiger partial charge in [0.2, 0.25) is 0 Å². The number of benzene rings is 1. The third-order valence-corrected chi connectivity index (χ3v) is 5.00. The fourth-order valence-electron chi connectivity index (χ4n) is 2.19. The van der Waals surface area contributed by atoms with Crippen molar-refractivity contribution in [3.8, 4) is 0 Å². The van der Waals surface area contributed by atoms with E-state index in [0.717, 1.165) is 0 Å². The molecule has 7 heteroatoms. The highest BCUT2D eigenvalue weighted by molar-refractivity contribution is 9.10. The van der Waals surface area contributed by atoms with E-state index >= 15 is 0 Å². The van der Waals surface area contributed by atoms with Crippen LogP contribution in [0.15, 0.2) is 28.1 Å². The van der Waals surface area contributed by atoms with E-state index in [9.17, 15) is 15.0 Å². The maximum atomic E-state index is 11.2. The Balaban J connectivity index is 2.34. The molecule has 0 bridgehead atoms. The van der Waals surface area contributed by atoms with E-state index in [1.54, 1.807) is 18.2 Å². The maximum Gasteiger partial charge on any atom is 0.492 e. The number of carboxylic acid groups (broad SMARTS) is 1. The van der Waals surface area contributed by atoms with Crippen molar-refractivity contribution in [3.05, 3.63) is 39.3 Å². The van der Waals surface area contributed by atoms with Crippen molar-refractivity contribution < 1.29 is 24.3 Å². The molecule has 1 aromatic rings. The van der Waals surface area contributed by atoms with Crippen LogP contribution in [0.2, 0.25) is 0 Å². The molecule has 1 saturated heterocycles. The van der Waals surface area contributed by atoms with Crippen LogP contribution in [-0.4, -0.2) is 41.1 Å². The van der Waals surface area contributed by atoms with E-state index in [2.05, 4.69) is 15.9 Å². The highest BCUT2D eigenvalue weighted by Gasteiger charge is 2.52. The molecule has 0 aromatic heterocycles. The molecule has 0 radical (unpaired) electrons. The van der Waals surface area contributed by atoms with E-state index in [4.69, 9.17) is 9.31 Å². The molecule has 0 spiro atoms. The highest BCUT2D eigenvalue weighted by atomic mass is 79.9. The van der Waals surface area contributed by atoms with Gasteiger partial charge in [-0.05, 0) is 66.8 Å². The molecule has 5 nitrogen and oxygen atoms in total. The predicted octanol–water partition coefficient (Wildman–Crippen LogP) is 3.15. The van der Waals surface area contributed by atoms with Crippen LogP contribution < -0.4 is 0 Å². The van der Waals surface area contributed by atoms with Crippen LogP contribution in [0, 0.1) is 0 Å². The smallest absolute Gasteiger partial charge is 0.478 e. The quantitative estimate of drug-likeness (QED) is 0.782. The van der Waals surface area contributed by atoms with Crippen molar-refractivity contribution in [1.82, 2.24) is 0 Å². The van der Waals surface area contributed by atoms with E-state index in [0.29, 0.717) is 15.5 Å². The number of aliphatic hydroxyl groups excluding tert-OH is 1. The molecule has 1 heterocycles. The molecule has 0 saturated carbocycles. The van der Waals surface area contributed by atoms with Crippen LogP contribution in [0.1, 0.15) is 43.6 Å². The lowest BCUT2D eigenvalue weighted by molar-refractivity contribution is 0.00578. The second kappa shape index (κ2) is 6.40. The summed E-state index contributed by atoms with van der Waals surface area (Å²) in [5.41, 5.74) is 0.354. The molecule has 124 valence electrons. The summed E-state index contributed by atoms with van der Waals surface area (Å²) in [6.07, 6.45) is 1.70. The monoisotopic (exact) mass is 382 g/mol. The lowest BCUT2D eigenvalue weighted by atomic mass is 9.77. The van der Waals surface area contributed by atoms with Gasteiger partial charge >= 0.3 is 13.1 Å². The summed E-state index contributed by atoms with van der Waals surface area (Å²) >= 11 is 3.21. The fraction of sp³-hybridized carbons (Fsp3) is 0.438. The molecule has 0 atom stereocenters. The van der Waals surface area contributed by atoms with Crippen molar-refractivity contribution in [2.75, 3.05) is 6.61 Å². The second-order valence-electron chi connectivity index (χ2n) is 6.51. The third kappa shape index (κ3) is 3.69. The molecule has 1 aliphatic rings. The van der Waals surface area contributed by atoms with Crippen molar-refractivity contribution in [2.45, 2.75) is 38.9 Å². The first-order valence-corrected chi connectivity index (χ1v) is 8.06. The molecular weight excluding hydrogens is 363 g/mol. The number of halogens is 1. The van der Waals surface area contributed by atoms with E-state index in [1.807, 2.05) is 27.7 Å². The number of carboxylic acids is 1. The Morgan fingerprint density at radius 3 is 2.30 bits per heavy atom. The van der Waals surface area contributed by atoms with Gasteiger partial charge in [-0.1, -0.05) is 12.1 Å². The van der Waals surface area contributed by atoms with Crippen LogP contribution in [0.4, 0.5) is 0 Å². The number of rotatable bonds is 4. The van der Waals surface area contributed by atoms with E-state index < -0.39 is 24.3 Å². The summed E-state index contributed by atoms with van der Waals surface area (Å²) in [4.78, 5) is 11.2. The molecule has 0 aliphatic carbocycles. The Morgan fingerprint density at radius 1 is 1.26 bits per heavy atom. The summed E-state index contributed by atoms with van der Waals surface area (Å²) < 4.78 is 12.3. The Kier molecular flexibility index (Phi) is 5.06. The second-order valence-corrected chi connectivity index (χ2v) is 7.36. The highest BCUT2D eigenvalue weighted by Crippen LogP contribution is 2.38. The van der Waals surface area contributed by atoms with Crippen molar-refractivity contribution in [1.29, 1.82) is 0 Å². The van der Waals surface area contributed by atoms with E-state index in [1.165, 1.54) is 6.07 Å². The SMILES string of the molecule is CC1(C)OB(C(=Cc2ccc(Br)c(C(=O)O)c2)CO)OC1(C)C. The summed E-state index contributed by atoms with van der Waals surface area (Å²) in [6, 6.07) is 4.96. The minimum Gasteiger partial charge on any atom is -0.478 e. The van der Waals surface area contributed by atoms with E-state index in [-0.39, 0.29) is 12.2 Å². The number of aliphatic hydroxyl groups is 1. The first-order chi connectivity index (χ1) is 10.6. The Morgan fingerprint density at radius 2 is 1.83 bits per heavy atom. The van der Waals surface area contributed by atoms with Gasteiger partial charge in [0.05, 0.1) is 23.4 Å². The molecule has 23 heavy (non-hydrogen) atoms. The lowest BCUT2D eigenvalue weighted by Crippen LogP contribution is -2.41. The first-order valence-electron chi connectivity index (χ1n) is 7.27. The largest absolute Gasteiger partial charge is 0.492 e. The zero-order chi connectivity index (χ0) is 17.4. The van der Waals surface area contributed by atoms with Gasteiger partial charge in [-0.15, -0.1) is 0 Å². The van der Waals surface area contributed by atoms with Crippen LogP contribution in [0.5, 0.6) is 0 Å². The molecule has 2 N–H and O–H groups in total. The Hall–Kier alpha value is -1.15. The minimum absolute atomic E-state index is 0.157. The van der Waals surface area contributed by atoms with Gasteiger partial charge in [0.25, 0.3) is 0 Å². The average Bonchev–Trinajstić information content (AvgIpc) is 2.66. The van der Waals surface area contributed by atoms with Gasteiger partial charge in [-0.3, -0.25) is 0 Å². The van der Waals surface area contributed by atoms with Crippen LogP contribution >= 0.6 is 15.9 Å². The molecule has 0 amide bonds. The van der Waals surface area contributed by atoms with Gasteiger partial charge in [0, 0.05) is 4.47 Å². The van der Waals surface area contributed by atoms with Crippen LogP contribution in [-0.2, 0) is 9.31 Å². The average molecular weight is 383 g/mol. The van der Waals surface area contributed by atoms with Crippen molar-refractivity contribution in [2.24, 2.45) is 0 Å². The molecule has 2 rings (SSSR count). The number of hydrogen-bond donors (Lipinski definition) is 2. The molecule has 0 unspecified atom stereocenters. The molecule has 1 aliphatic heterocycles. The Labute approximate surface area is 144 Å². The summed E-state index contributed by atoms with van der Waals surface area (Å²) in [5, 5.41) is 18.8. The first kappa shape index (κ1) is 18.2. The maximum absolute atomic E-state index is 11.2. The van der Waals surface area contributed by atoms with Crippen LogP contribution in [0.3, 0.4) is 0 Å². The molecular formula is C16H20BBrO5. The van der Waals surface area contributed by atoms with Gasteiger partial charge in [0.15, 0.2) is 0 Å². The topological polar surface area (TPSA) is 76.0 Å². The van der Waals surface area contributed by atoms with Gasteiger partial charge in [-0.2, -0.15) is 0 Å².